The summed E-state index contributed by atoms with van der Waals surface area (Å²) in [4.78, 5) is 22.4. The number of carboxylic acids is 2. The zero-order valence-corrected chi connectivity index (χ0v) is 15.9. The number of aliphatic carboxylic acids is 2. The molecular formula is C19H21CoN3O4. The maximum Gasteiger partial charge on any atom is 0.300 e. The third-order valence-electron chi connectivity index (χ3n) is 2.86. The van der Waals surface area contributed by atoms with Crippen molar-refractivity contribution in [1.29, 1.82) is 0 Å². The van der Waals surface area contributed by atoms with Gasteiger partial charge in [0.15, 0.2) is 0 Å². The molecule has 0 atom stereocenters. The summed E-state index contributed by atoms with van der Waals surface area (Å²) in [6, 6.07) is 17.7. The third kappa shape index (κ3) is 9.24. The molecule has 145 valence electrons. The fraction of sp³-hybridized carbons (Fsp3) is 0.105. The predicted molar refractivity (Wildman–Crippen MR) is 102 cm³/mol. The summed E-state index contributed by atoms with van der Waals surface area (Å²) in [5, 5.41) is 19.3. The van der Waals surface area contributed by atoms with E-state index in [1.165, 1.54) is 0 Å². The Labute approximate surface area is 167 Å². The van der Waals surface area contributed by atoms with Crippen LogP contribution in [0.3, 0.4) is 0 Å². The van der Waals surface area contributed by atoms with E-state index >= 15 is 0 Å². The summed E-state index contributed by atoms with van der Waals surface area (Å²) in [5.41, 5.74) is 9.47. The second-order valence-electron chi connectivity index (χ2n) is 5.13. The zero-order valence-electron chi connectivity index (χ0n) is 14.8. The van der Waals surface area contributed by atoms with Crippen LogP contribution in [0, 0.1) is 0 Å². The van der Waals surface area contributed by atoms with Gasteiger partial charge in [-0.05, 0) is 24.3 Å². The predicted octanol–water partition coefficient (Wildman–Crippen LogP) is 3.74. The van der Waals surface area contributed by atoms with E-state index in [4.69, 9.17) is 25.5 Å². The van der Waals surface area contributed by atoms with Gasteiger partial charge in [-0.3, -0.25) is 14.6 Å². The van der Waals surface area contributed by atoms with Crippen LogP contribution in [0.5, 0.6) is 0 Å². The quantitative estimate of drug-likeness (QED) is 0.471. The van der Waals surface area contributed by atoms with Gasteiger partial charge in [-0.15, -0.1) is 0 Å². The molecule has 5 N–H and O–H groups in total. The van der Waals surface area contributed by atoms with Crippen LogP contribution in [0.1, 0.15) is 13.8 Å². The number of carbonyl (C=O) groups is 2. The molecule has 1 aromatic heterocycles. The van der Waals surface area contributed by atoms with Crippen LogP contribution in [0.4, 0.5) is 17.1 Å². The number of nitrogens with one attached hydrogen (secondary N) is 1. The van der Waals surface area contributed by atoms with Gasteiger partial charge in [-0.25, -0.2) is 0 Å². The standard InChI is InChI=1S/C15H13N3.2C2H4O2.Co/c16-12-7-1-2-8-13(12)18-14-9-3-5-11-6-4-10-17-15(11)14;2*1-2(3)4;/h1-10,18H,16H2;2*1H3,(H,3,4);. The molecule has 3 aromatic rings. The molecule has 8 heteroatoms. The number of rotatable bonds is 2. The number of aromatic nitrogens is 1. The van der Waals surface area contributed by atoms with E-state index in [0.717, 1.165) is 41.8 Å². The van der Waals surface area contributed by atoms with Crippen molar-refractivity contribution in [3.63, 3.8) is 0 Å². The van der Waals surface area contributed by atoms with Gasteiger partial charge >= 0.3 is 0 Å². The van der Waals surface area contributed by atoms with Crippen LogP contribution in [-0.2, 0) is 26.4 Å². The number of carboxylic acid groups (broad SMARTS) is 2. The number of hydrogen-bond acceptors (Lipinski definition) is 5. The van der Waals surface area contributed by atoms with E-state index < -0.39 is 11.9 Å². The molecule has 0 spiro atoms. The van der Waals surface area contributed by atoms with E-state index in [9.17, 15) is 0 Å². The fourth-order valence-corrected chi connectivity index (χ4v) is 1.96. The summed E-state index contributed by atoms with van der Waals surface area (Å²) in [6.45, 7) is 2.17. The Morgan fingerprint density at radius 2 is 1.41 bits per heavy atom. The molecule has 0 aliphatic carbocycles. The largest absolute Gasteiger partial charge is 0.481 e. The van der Waals surface area contributed by atoms with Gasteiger partial charge in [-0.2, -0.15) is 0 Å². The zero-order chi connectivity index (χ0) is 19.5. The van der Waals surface area contributed by atoms with Crippen molar-refractivity contribution >= 4 is 39.9 Å². The number of hydrogen-bond donors (Lipinski definition) is 4. The van der Waals surface area contributed by atoms with E-state index in [2.05, 4.69) is 10.3 Å². The average molecular weight is 414 g/mol. The number of para-hydroxylation sites is 3. The number of benzene rings is 2. The molecule has 0 fully saturated rings. The van der Waals surface area contributed by atoms with Gasteiger partial charge in [0.05, 0.1) is 22.6 Å². The smallest absolute Gasteiger partial charge is 0.300 e. The Balaban J connectivity index is 0.000000646. The first-order valence-electron chi connectivity index (χ1n) is 7.65. The summed E-state index contributed by atoms with van der Waals surface area (Å²) >= 11 is 0. The normalized spacial score (nSPS) is 8.81. The molecule has 0 unspecified atom stereocenters. The van der Waals surface area contributed by atoms with Crippen LogP contribution < -0.4 is 11.1 Å². The molecule has 0 saturated heterocycles. The monoisotopic (exact) mass is 414 g/mol. The maximum absolute atomic E-state index is 9.00. The molecular weight excluding hydrogens is 393 g/mol. The van der Waals surface area contributed by atoms with Gasteiger partial charge < -0.3 is 21.3 Å². The van der Waals surface area contributed by atoms with Gasteiger partial charge in [0.2, 0.25) is 0 Å². The van der Waals surface area contributed by atoms with E-state index in [1.807, 2.05) is 54.6 Å². The molecule has 2 aromatic carbocycles. The van der Waals surface area contributed by atoms with E-state index in [-0.39, 0.29) is 16.8 Å². The van der Waals surface area contributed by atoms with Crippen molar-refractivity contribution in [2.24, 2.45) is 0 Å². The van der Waals surface area contributed by atoms with Crippen LogP contribution in [0.25, 0.3) is 10.9 Å². The Morgan fingerprint density at radius 1 is 0.889 bits per heavy atom. The van der Waals surface area contributed by atoms with Crippen molar-refractivity contribution in [1.82, 2.24) is 4.98 Å². The molecule has 1 heterocycles. The van der Waals surface area contributed by atoms with E-state index in [0.29, 0.717) is 0 Å². The van der Waals surface area contributed by atoms with Gasteiger partial charge in [0.1, 0.15) is 0 Å². The molecule has 7 nitrogen and oxygen atoms in total. The number of nitrogen functional groups attached to an aromatic ring is 1. The van der Waals surface area contributed by atoms with Crippen LogP contribution >= 0.6 is 0 Å². The Hall–Kier alpha value is -3.10. The first kappa shape index (κ1) is 23.9. The average Bonchev–Trinajstić information content (AvgIpc) is 2.56. The number of fused-ring (bicyclic) bond motifs is 1. The minimum atomic E-state index is -0.833. The second kappa shape index (κ2) is 12.3. The van der Waals surface area contributed by atoms with Crippen LogP contribution in [0.2, 0.25) is 0 Å². The fourth-order valence-electron chi connectivity index (χ4n) is 1.96. The second-order valence-corrected chi connectivity index (χ2v) is 5.13. The third-order valence-corrected chi connectivity index (χ3v) is 2.86. The van der Waals surface area contributed by atoms with Gasteiger partial charge in [0.25, 0.3) is 11.9 Å². The van der Waals surface area contributed by atoms with Gasteiger partial charge in [0, 0.05) is 42.2 Å². The number of nitrogens with zero attached hydrogens (tertiary/aromatic N) is 1. The Kier molecular flexibility index (Phi) is 10.9. The molecule has 0 aliphatic rings. The molecule has 3 rings (SSSR count). The van der Waals surface area contributed by atoms with E-state index in [1.54, 1.807) is 6.20 Å². The summed E-state index contributed by atoms with van der Waals surface area (Å²) in [5.74, 6) is -1.67. The molecule has 0 aliphatic heterocycles. The van der Waals surface area contributed by atoms with Gasteiger partial charge in [-0.1, -0.05) is 30.3 Å². The maximum atomic E-state index is 9.00. The minimum absolute atomic E-state index is 0. The topological polar surface area (TPSA) is 126 Å². The summed E-state index contributed by atoms with van der Waals surface area (Å²) in [7, 11) is 0. The molecule has 27 heavy (non-hydrogen) atoms. The Morgan fingerprint density at radius 3 is 2.00 bits per heavy atom. The van der Waals surface area contributed by atoms with Crippen molar-refractivity contribution in [2.75, 3.05) is 11.1 Å². The molecule has 0 saturated carbocycles. The minimum Gasteiger partial charge on any atom is -0.481 e. The first-order valence-corrected chi connectivity index (χ1v) is 7.65. The summed E-state index contributed by atoms with van der Waals surface area (Å²) in [6.07, 6.45) is 1.79. The van der Waals surface area contributed by atoms with Crippen molar-refractivity contribution < 1.29 is 36.6 Å². The summed E-state index contributed by atoms with van der Waals surface area (Å²) < 4.78 is 0. The van der Waals surface area contributed by atoms with Crippen molar-refractivity contribution in [3.8, 4) is 0 Å². The molecule has 1 radical (unpaired) electrons. The number of pyridine rings is 1. The number of anilines is 3. The SMILES string of the molecule is CC(=O)O.CC(=O)O.Nc1ccccc1Nc1cccc2cccnc12.[Co]. The first-order chi connectivity index (χ1) is 12.3. The van der Waals surface area contributed by atoms with Crippen molar-refractivity contribution in [2.45, 2.75) is 13.8 Å². The Bertz CT molecular complexity index is 862. The number of nitrogens with two attached hydrogens (primary N) is 1. The molecule has 0 bridgehead atoms. The van der Waals surface area contributed by atoms with Crippen molar-refractivity contribution in [3.05, 3.63) is 60.8 Å². The van der Waals surface area contributed by atoms with Crippen LogP contribution in [0.15, 0.2) is 60.8 Å². The molecule has 0 amide bonds. The van der Waals surface area contributed by atoms with Crippen LogP contribution in [-0.4, -0.2) is 27.1 Å².